The zero-order chi connectivity index (χ0) is 12.3. The topological polar surface area (TPSA) is 12.0 Å². The van der Waals surface area contributed by atoms with E-state index >= 15 is 0 Å². The van der Waals surface area contributed by atoms with Crippen LogP contribution in [0.15, 0.2) is 0 Å². The summed E-state index contributed by atoms with van der Waals surface area (Å²) in [5.74, 6) is 1.94. The third-order valence-corrected chi connectivity index (χ3v) is 5.06. The van der Waals surface area contributed by atoms with Crippen LogP contribution in [0.4, 0.5) is 0 Å². The van der Waals surface area contributed by atoms with Gasteiger partial charge in [-0.2, -0.15) is 0 Å². The van der Waals surface area contributed by atoms with Gasteiger partial charge in [-0.3, -0.25) is 0 Å². The van der Waals surface area contributed by atoms with Gasteiger partial charge in [-0.05, 0) is 43.1 Å². The van der Waals surface area contributed by atoms with E-state index in [0.717, 1.165) is 17.9 Å². The first kappa shape index (κ1) is 13.4. The molecule has 2 fully saturated rings. The predicted molar refractivity (Wildman–Crippen MR) is 75.2 cm³/mol. The predicted octanol–water partition coefficient (Wildman–Crippen LogP) is 4.37. The van der Waals surface area contributed by atoms with E-state index in [4.69, 9.17) is 0 Å². The summed E-state index contributed by atoms with van der Waals surface area (Å²) in [7, 11) is 0. The van der Waals surface area contributed by atoms with Crippen molar-refractivity contribution in [2.75, 3.05) is 6.54 Å². The zero-order valence-electron chi connectivity index (χ0n) is 12.1. The van der Waals surface area contributed by atoms with E-state index in [1.807, 2.05) is 0 Å². The first-order valence-corrected chi connectivity index (χ1v) is 7.81. The molecule has 0 aromatic carbocycles. The molecule has 0 saturated heterocycles. The molecule has 0 aliphatic heterocycles. The monoisotopic (exact) mass is 237 g/mol. The molecule has 1 N–H and O–H groups in total. The summed E-state index contributed by atoms with van der Waals surface area (Å²) in [4.78, 5) is 0. The molecule has 2 saturated carbocycles. The normalized spacial score (nSPS) is 31.2. The molecule has 1 nitrogen and oxygen atoms in total. The van der Waals surface area contributed by atoms with Gasteiger partial charge >= 0.3 is 0 Å². The summed E-state index contributed by atoms with van der Waals surface area (Å²) in [6, 6.07) is 0.795. The van der Waals surface area contributed by atoms with Gasteiger partial charge in [0.15, 0.2) is 0 Å². The summed E-state index contributed by atoms with van der Waals surface area (Å²) in [5.41, 5.74) is 0.481. The van der Waals surface area contributed by atoms with Crippen LogP contribution in [0, 0.1) is 17.3 Å². The van der Waals surface area contributed by atoms with Crippen molar-refractivity contribution < 1.29 is 0 Å². The third-order valence-electron chi connectivity index (χ3n) is 5.06. The van der Waals surface area contributed by atoms with Crippen LogP contribution >= 0.6 is 0 Å². The highest BCUT2D eigenvalue weighted by molar-refractivity contribution is 4.88. The number of rotatable bonds is 4. The van der Waals surface area contributed by atoms with Crippen LogP contribution < -0.4 is 5.32 Å². The molecule has 1 heteroatoms. The number of hydrogen-bond acceptors (Lipinski definition) is 1. The van der Waals surface area contributed by atoms with E-state index in [9.17, 15) is 0 Å². The molecular weight excluding hydrogens is 206 g/mol. The van der Waals surface area contributed by atoms with Crippen molar-refractivity contribution in [3.63, 3.8) is 0 Å². The Labute approximate surface area is 108 Å². The van der Waals surface area contributed by atoms with Crippen molar-refractivity contribution in [3.05, 3.63) is 0 Å². The highest BCUT2D eigenvalue weighted by atomic mass is 14.9. The van der Waals surface area contributed by atoms with Crippen LogP contribution in [0.2, 0.25) is 0 Å². The quantitative estimate of drug-likeness (QED) is 0.765. The molecule has 17 heavy (non-hydrogen) atoms. The molecule has 0 aromatic heterocycles. The van der Waals surface area contributed by atoms with Gasteiger partial charge in [0.25, 0.3) is 0 Å². The Bertz CT molecular complexity index is 224. The Morgan fingerprint density at radius 1 is 0.941 bits per heavy atom. The lowest BCUT2D eigenvalue weighted by molar-refractivity contribution is 0.128. The lowest BCUT2D eigenvalue weighted by atomic mass is 9.69. The van der Waals surface area contributed by atoms with Crippen LogP contribution in [0.25, 0.3) is 0 Å². The van der Waals surface area contributed by atoms with Gasteiger partial charge in [0.1, 0.15) is 0 Å². The molecule has 2 aliphatic rings. The second-order valence-corrected chi connectivity index (χ2v) is 7.40. The highest BCUT2D eigenvalue weighted by Gasteiger charge is 2.33. The minimum absolute atomic E-state index is 0.481. The SMILES string of the molecule is CC(C)(C)C1CCCCC1NCCC1CCC1. The van der Waals surface area contributed by atoms with Gasteiger partial charge in [0, 0.05) is 6.04 Å². The molecule has 100 valence electrons. The van der Waals surface area contributed by atoms with Crippen LogP contribution in [0.1, 0.15) is 72.1 Å². The summed E-state index contributed by atoms with van der Waals surface area (Å²) in [6.45, 7) is 8.53. The average molecular weight is 237 g/mol. The van der Waals surface area contributed by atoms with Crippen molar-refractivity contribution in [2.45, 2.75) is 78.2 Å². The van der Waals surface area contributed by atoms with Gasteiger partial charge < -0.3 is 5.32 Å². The van der Waals surface area contributed by atoms with E-state index in [2.05, 4.69) is 26.1 Å². The average Bonchev–Trinajstić information content (AvgIpc) is 2.21. The molecule has 0 amide bonds. The summed E-state index contributed by atoms with van der Waals surface area (Å²) in [6.07, 6.45) is 11.6. The molecule has 2 rings (SSSR count). The maximum absolute atomic E-state index is 3.88. The van der Waals surface area contributed by atoms with Crippen molar-refractivity contribution in [1.82, 2.24) is 5.32 Å². The standard InChI is InChI=1S/C16H31N/c1-16(2,3)14-9-4-5-10-15(14)17-12-11-13-7-6-8-13/h13-15,17H,4-12H2,1-3H3. The second-order valence-electron chi connectivity index (χ2n) is 7.40. The van der Waals surface area contributed by atoms with Gasteiger partial charge in [0.05, 0.1) is 0 Å². The van der Waals surface area contributed by atoms with Gasteiger partial charge in [-0.1, -0.05) is 52.9 Å². The first-order valence-electron chi connectivity index (χ1n) is 7.81. The Morgan fingerprint density at radius 2 is 1.65 bits per heavy atom. The molecule has 2 aliphatic carbocycles. The van der Waals surface area contributed by atoms with Crippen LogP contribution in [0.3, 0.4) is 0 Å². The second kappa shape index (κ2) is 5.73. The van der Waals surface area contributed by atoms with Gasteiger partial charge in [-0.25, -0.2) is 0 Å². The van der Waals surface area contributed by atoms with E-state index < -0.39 is 0 Å². The Morgan fingerprint density at radius 3 is 2.24 bits per heavy atom. The number of nitrogens with one attached hydrogen (secondary N) is 1. The third kappa shape index (κ3) is 3.71. The lowest BCUT2D eigenvalue weighted by Crippen LogP contribution is -2.44. The molecule has 2 atom stereocenters. The van der Waals surface area contributed by atoms with Crippen LogP contribution in [-0.2, 0) is 0 Å². The Kier molecular flexibility index (Phi) is 4.52. The molecule has 2 unspecified atom stereocenters. The minimum atomic E-state index is 0.481. The Hall–Kier alpha value is -0.0400. The summed E-state index contributed by atoms with van der Waals surface area (Å²) < 4.78 is 0. The maximum atomic E-state index is 3.88. The summed E-state index contributed by atoms with van der Waals surface area (Å²) in [5, 5.41) is 3.88. The van der Waals surface area contributed by atoms with E-state index in [0.29, 0.717) is 5.41 Å². The van der Waals surface area contributed by atoms with Crippen molar-refractivity contribution in [1.29, 1.82) is 0 Å². The van der Waals surface area contributed by atoms with Crippen molar-refractivity contribution >= 4 is 0 Å². The lowest BCUT2D eigenvalue weighted by Gasteiger charge is -2.41. The largest absolute Gasteiger partial charge is 0.314 e. The smallest absolute Gasteiger partial charge is 0.0100 e. The van der Waals surface area contributed by atoms with E-state index in [1.165, 1.54) is 57.9 Å². The number of hydrogen-bond donors (Lipinski definition) is 1. The van der Waals surface area contributed by atoms with E-state index in [-0.39, 0.29) is 0 Å². The fraction of sp³-hybridized carbons (Fsp3) is 1.00. The zero-order valence-corrected chi connectivity index (χ0v) is 12.1. The highest BCUT2D eigenvalue weighted by Crippen LogP contribution is 2.38. The molecule has 0 radical (unpaired) electrons. The summed E-state index contributed by atoms with van der Waals surface area (Å²) >= 11 is 0. The first-order chi connectivity index (χ1) is 8.07. The fourth-order valence-corrected chi connectivity index (χ4v) is 3.67. The fourth-order valence-electron chi connectivity index (χ4n) is 3.67. The molecule has 0 heterocycles. The molecule has 0 aromatic rings. The van der Waals surface area contributed by atoms with Crippen LogP contribution in [0.5, 0.6) is 0 Å². The molecule has 0 spiro atoms. The minimum Gasteiger partial charge on any atom is -0.314 e. The van der Waals surface area contributed by atoms with Gasteiger partial charge in [0.2, 0.25) is 0 Å². The van der Waals surface area contributed by atoms with Gasteiger partial charge in [-0.15, -0.1) is 0 Å². The maximum Gasteiger partial charge on any atom is 0.0100 e. The molecule has 0 bridgehead atoms. The van der Waals surface area contributed by atoms with Crippen molar-refractivity contribution in [3.8, 4) is 0 Å². The van der Waals surface area contributed by atoms with Crippen LogP contribution in [-0.4, -0.2) is 12.6 Å². The molecular formula is C16H31N. The van der Waals surface area contributed by atoms with E-state index in [1.54, 1.807) is 0 Å². The Balaban J connectivity index is 1.75. The van der Waals surface area contributed by atoms with Crippen molar-refractivity contribution in [2.24, 2.45) is 17.3 Å².